The number of para-hydroxylation sites is 2. The number of hydrogen-bond acceptors (Lipinski definition) is 6. The van der Waals surface area contributed by atoms with Crippen LogP contribution in [0, 0.1) is 0 Å². The van der Waals surface area contributed by atoms with Gasteiger partial charge in [-0.1, -0.05) is 30.3 Å². The molecule has 2 N–H and O–H groups in total. The molecule has 7 nitrogen and oxygen atoms in total. The molecule has 4 rings (SSSR count). The number of fused-ring (bicyclic) bond motifs is 1. The van der Waals surface area contributed by atoms with Crippen molar-refractivity contribution in [2.45, 2.75) is 0 Å². The summed E-state index contributed by atoms with van der Waals surface area (Å²) in [4.78, 5) is 33.3. The molecule has 4 aromatic rings. The standard InChI is InChI=1S/C23H18N4O3/c1-30-23(29)17-8-2-3-9-18(17)26-16-11-13-24-20(14-16)22(28)27-19-10-4-6-15-7-5-12-25-21(15)19/h2-14H,1H3,(H,24,26)(H,27,28). The minimum absolute atomic E-state index is 0.225. The molecule has 2 aromatic carbocycles. The highest BCUT2D eigenvalue weighted by molar-refractivity contribution is 6.07. The predicted molar refractivity (Wildman–Crippen MR) is 115 cm³/mol. The number of carbonyl (C=O) groups is 2. The number of benzene rings is 2. The molecule has 2 aromatic heterocycles. The van der Waals surface area contributed by atoms with Crippen molar-refractivity contribution in [3.05, 3.63) is 90.4 Å². The van der Waals surface area contributed by atoms with Crippen molar-refractivity contribution in [2.24, 2.45) is 0 Å². The van der Waals surface area contributed by atoms with Gasteiger partial charge in [-0.2, -0.15) is 0 Å². The molecule has 0 aliphatic rings. The monoisotopic (exact) mass is 398 g/mol. The molecule has 0 spiro atoms. The van der Waals surface area contributed by atoms with Crippen LogP contribution in [0.25, 0.3) is 10.9 Å². The van der Waals surface area contributed by atoms with Gasteiger partial charge in [0.15, 0.2) is 0 Å². The van der Waals surface area contributed by atoms with Crippen molar-refractivity contribution in [3.8, 4) is 0 Å². The van der Waals surface area contributed by atoms with Crippen molar-refractivity contribution in [2.75, 3.05) is 17.7 Å². The Morgan fingerprint density at radius 3 is 2.53 bits per heavy atom. The van der Waals surface area contributed by atoms with Gasteiger partial charge in [0, 0.05) is 23.5 Å². The van der Waals surface area contributed by atoms with Gasteiger partial charge < -0.3 is 15.4 Å². The summed E-state index contributed by atoms with van der Waals surface area (Å²) in [6.07, 6.45) is 3.21. The van der Waals surface area contributed by atoms with E-state index in [1.165, 1.54) is 13.3 Å². The van der Waals surface area contributed by atoms with Gasteiger partial charge in [-0.05, 0) is 36.4 Å². The van der Waals surface area contributed by atoms with Crippen LogP contribution >= 0.6 is 0 Å². The van der Waals surface area contributed by atoms with Gasteiger partial charge in [-0.25, -0.2) is 4.79 Å². The molecular weight excluding hydrogens is 380 g/mol. The average Bonchev–Trinajstić information content (AvgIpc) is 2.79. The van der Waals surface area contributed by atoms with Gasteiger partial charge in [0.2, 0.25) is 0 Å². The van der Waals surface area contributed by atoms with E-state index in [9.17, 15) is 9.59 Å². The Bertz CT molecular complexity index is 1230. The minimum atomic E-state index is -0.450. The zero-order valence-electron chi connectivity index (χ0n) is 16.1. The number of pyridine rings is 2. The van der Waals surface area contributed by atoms with E-state index in [-0.39, 0.29) is 11.6 Å². The number of ether oxygens (including phenoxy) is 1. The fraction of sp³-hybridized carbons (Fsp3) is 0.0435. The first-order chi connectivity index (χ1) is 14.7. The van der Waals surface area contributed by atoms with E-state index < -0.39 is 5.97 Å². The Labute approximate surface area is 172 Å². The third-order valence-corrected chi connectivity index (χ3v) is 4.48. The van der Waals surface area contributed by atoms with E-state index in [0.717, 1.165) is 5.39 Å². The Hall–Kier alpha value is -4.26. The van der Waals surface area contributed by atoms with Crippen LogP contribution in [0.1, 0.15) is 20.8 Å². The number of carbonyl (C=O) groups excluding carboxylic acids is 2. The third kappa shape index (κ3) is 3.95. The highest BCUT2D eigenvalue weighted by Gasteiger charge is 2.14. The summed E-state index contributed by atoms with van der Waals surface area (Å²) in [5, 5.41) is 6.94. The smallest absolute Gasteiger partial charge is 0.339 e. The lowest BCUT2D eigenvalue weighted by atomic mass is 10.1. The van der Waals surface area contributed by atoms with E-state index in [1.54, 1.807) is 48.7 Å². The molecule has 7 heteroatoms. The number of nitrogens with one attached hydrogen (secondary N) is 2. The fourth-order valence-electron chi connectivity index (χ4n) is 3.06. The number of esters is 1. The molecule has 0 aliphatic carbocycles. The summed E-state index contributed by atoms with van der Waals surface area (Å²) in [7, 11) is 1.33. The van der Waals surface area contributed by atoms with E-state index in [0.29, 0.717) is 28.1 Å². The van der Waals surface area contributed by atoms with Crippen LogP contribution in [-0.2, 0) is 4.74 Å². The Morgan fingerprint density at radius 1 is 0.867 bits per heavy atom. The van der Waals surface area contributed by atoms with Gasteiger partial charge >= 0.3 is 5.97 Å². The lowest BCUT2D eigenvalue weighted by molar-refractivity contribution is 0.0601. The maximum atomic E-state index is 12.8. The van der Waals surface area contributed by atoms with Crippen LogP contribution in [0.5, 0.6) is 0 Å². The number of hydrogen-bond donors (Lipinski definition) is 2. The molecule has 1 amide bonds. The molecule has 0 saturated carbocycles. The molecule has 0 bridgehead atoms. The minimum Gasteiger partial charge on any atom is -0.465 e. The molecular formula is C23H18N4O3. The van der Waals surface area contributed by atoms with Crippen molar-refractivity contribution >= 4 is 39.8 Å². The lowest BCUT2D eigenvalue weighted by Crippen LogP contribution is -2.14. The van der Waals surface area contributed by atoms with Crippen molar-refractivity contribution in [1.29, 1.82) is 0 Å². The first kappa shape index (κ1) is 19.1. The van der Waals surface area contributed by atoms with Crippen molar-refractivity contribution in [1.82, 2.24) is 9.97 Å². The van der Waals surface area contributed by atoms with E-state index in [2.05, 4.69) is 20.6 Å². The fourth-order valence-corrected chi connectivity index (χ4v) is 3.06. The topological polar surface area (TPSA) is 93.2 Å². The lowest BCUT2D eigenvalue weighted by Gasteiger charge is -2.12. The summed E-state index contributed by atoms with van der Waals surface area (Å²) in [6.45, 7) is 0. The molecule has 0 aliphatic heterocycles. The summed E-state index contributed by atoms with van der Waals surface area (Å²) < 4.78 is 4.82. The van der Waals surface area contributed by atoms with E-state index in [1.807, 2.05) is 24.3 Å². The molecule has 148 valence electrons. The van der Waals surface area contributed by atoms with Gasteiger partial charge in [0.25, 0.3) is 5.91 Å². The molecule has 0 fully saturated rings. The Balaban J connectivity index is 1.58. The zero-order chi connectivity index (χ0) is 20.9. The number of aromatic nitrogens is 2. The van der Waals surface area contributed by atoms with Crippen LogP contribution in [0.3, 0.4) is 0 Å². The molecule has 0 atom stereocenters. The molecule has 0 saturated heterocycles. The summed E-state index contributed by atoms with van der Waals surface area (Å²) in [5.41, 5.74) is 3.11. The van der Waals surface area contributed by atoms with E-state index in [4.69, 9.17) is 4.74 Å². The predicted octanol–water partition coefficient (Wildman–Crippen LogP) is 4.41. The number of nitrogens with zero attached hydrogens (tertiary/aromatic N) is 2. The Morgan fingerprint density at radius 2 is 1.67 bits per heavy atom. The highest BCUT2D eigenvalue weighted by atomic mass is 16.5. The second kappa shape index (κ2) is 8.40. The van der Waals surface area contributed by atoms with Crippen LogP contribution in [0.15, 0.2) is 79.1 Å². The number of amides is 1. The van der Waals surface area contributed by atoms with Crippen LogP contribution in [0.2, 0.25) is 0 Å². The highest BCUT2D eigenvalue weighted by Crippen LogP contribution is 2.23. The average molecular weight is 398 g/mol. The SMILES string of the molecule is COC(=O)c1ccccc1Nc1ccnc(C(=O)Nc2cccc3cccnc23)c1. The van der Waals surface area contributed by atoms with Crippen LogP contribution in [0.4, 0.5) is 17.1 Å². The summed E-state index contributed by atoms with van der Waals surface area (Å²) in [5.74, 6) is -0.813. The molecule has 30 heavy (non-hydrogen) atoms. The van der Waals surface area contributed by atoms with Gasteiger partial charge in [0.1, 0.15) is 5.69 Å². The molecule has 0 unspecified atom stereocenters. The van der Waals surface area contributed by atoms with Crippen molar-refractivity contribution < 1.29 is 14.3 Å². The van der Waals surface area contributed by atoms with Gasteiger partial charge in [0.05, 0.1) is 29.6 Å². The maximum absolute atomic E-state index is 12.8. The van der Waals surface area contributed by atoms with Crippen LogP contribution < -0.4 is 10.6 Å². The normalized spacial score (nSPS) is 10.4. The first-order valence-electron chi connectivity index (χ1n) is 9.21. The number of rotatable bonds is 5. The second-order valence-electron chi connectivity index (χ2n) is 6.43. The van der Waals surface area contributed by atoms with Gasteiger partial charge in [-0.3, -0.25) is 14.8 Å². The zero-order valence-corrected chi connectivity index (χ0v) is 16.1. The quantitative estimate of drug-likeness (QED) is 0.484. The number of methoxy groups -OCH3 is 1. The number of anilines is 3. The third-order valence-electron chi connectivity index (χ3n) is 4.48. The Kier molecular flexibility index (Phi) is 5.34. The molecule has 2 heterocycles. The largest absolute Gasteiger partial charge is 0.465 e. The van der Waals surface area contributed by atoms with Crippen molar-refractivity contribution in [3.63, 3.8) is 0 Å². The first-order valence-corrected chi connectivity index (χ1v) is 9.21. The maximum Gasteiger partial charge on any atom is 0.339 e. The molecule has 0 radical (unpaired) electrons. The van der Waals surface area contributed by atoms with E-state index >= 15 is 0 Å². The van der Waals surface area contributed by atoms with Crippen LogP contribution in [-0.4, -0.2) is 29.0 Å². The summed E-state index contributed by atoms with van der Waals surface area (Å²) >= 11 is 0. The second-order valence-corrected chi connectivity index (χ2v) is 6.43. The van der Waals surface area contributed by atoms with Gasteiger partial charge in [-0.15, -0.1) is 0 Å². The summed E-state index contributed by atoms with van der Waals surface area (Å²) in [6, 6.07) is 19.7.